The standard InChI is InChI=1S/C14H29N3/c1-12-3-4-14(11-13(12)2)17-9-7-16(6-5-15)8-10-17/h12-14H,3-11,15H2,1-2H3. The van der Waals surface area contributed by atoms with Crippen molar-refractivity contribution in [3.8, 4) is 0 Å². The highest BCUT2D eigenvalue weighted by atomic mass is 15.3. The predicted molar refractivity (Wildman–Crippen MR) is 73.0 cm³/mol. The minimum atomic E-state index is 0.804. The normalized spacial score (nSPS) is 37.2. The van der Waals surface area contributed by atoms with Crippen molar-refractivity contribution < 1.29 is 0 Å². The van der Waals surface area contributed by atoms with Crippen molar-refractivity contribution in [1.82, 2.24) is 9.80 Å². The fourth-order valence-electron chi connectivity index (χ4n) is 3.39. The molecule has 3 heteroatoms. The first kappa shape index (κ1) is 13.3. The van der Waals surface area contributed by atoms with Crippen LogP contribution in [0.4, 0.5) is 0 Å². The largest absolute Gasteiger partial charge is 0.329 e. The van der Waals surface area contributed by atoms with Crippen LogP contribution in [0.25, 0.3) is 0 Å². The Morgan fingerprint density at radius 3 is 2.29 bits per heavy atom. The molecule has 3 unspecified atom stereocenters. The van der Waals surface area contributed by atoms with Crippen LogP contribution in [0.5, 0.6) is 0 Å². The van der Waals surface area contributed by atoms with Crippen molar-refractivity contribution in [2.75, 3.05) is 39.3 Å². The van der Waals surface area contributed by atoms with E-state index in [2.05, 4.69) is 23.6 Å². The average molecular weight is 239 g/mol. The van der Waals surface area contributed by atoms with Crippen molar-refractivity contribution in [3.63, 3.8) is 0 Å². The first-order valence-corrected chi connectivity index (χ1v) is 7.37. The van der Waals surface area contributed by atoms with E-state index in [-0.39, 0.29) is 0 Å². The van der Waals surface area contributed by atoms with Gasteiger partial charge in [-0.25, -0.2) is 0 Å². The van der Waals surface area contributed by atoms with Crippen LogP contribution in [-0.2, 0) is 0 Å². The van der Waals surface area contributed by atoms with E-state index in [1.807, 2.05) is 0 Å². The Balaban J connectivity index is 1.77. The Kier molecular flexibility index (Phi) is 4.83. The summed E-state index contributed by atoms with van der Waals surface area (Å²) < 4.78 is 0. The quantitative estimate of drug-likeness (QED) is 0.808. The van der Waals surface area contributed by atoms with E-state index in [1.54, 1.807) is 0 Å². The van der Waals surface area contributed by atoms with Crippen molar-refractivity contribution >= 4 is 0 Å². The van der Waals surface area contributed by atoms with E-state index in [4.69, 9.17) is 5.73 Å². The van der Waals surface area contributed by atoms with Crippen molar-refractivity contribution in [3.05, 3.63) is 0 Å². The molecule has 2 rings (SSSR count). The van der Waals surface area contributed by atoms with Crippen molar-refractivity contribution in [2.24, 2.45) is 17.6 Å². The molecular weight excluding hydrogens is 210 g/mol. The summed E-state index contributed by atoms with van der Waals surface area (Å²) in [6.45, 7) is 11.7. The molecule has 17 heavy (non-hydrogen) atoms. The van der Waals surface area contributed by atoms with Crippen LogP contribution in [-0.4, -0.2) is 55.1 Å². The zero-order valence-corrected chi connectivity index (χ0v) is 11.6. The lowest BCUT2D eigenvalue weighted by Gasteiger charge is -2.43. The smallest absolute Gasteiger partial charge is 0.0113 e. The number of hydrogen-bond donors (Lipinski definition) is 1. The number of hydrogen-bond acceptors (Lipinski definition) is 3. The molecule has 0 amide bonds. The van der Waals surface area contributed by atoms with E-state index < -0.39 is 0 Å². The van der Waals surface area contributed by atoms with Gasteiger partial charge >= 0.3 is 0 Å². The van der Waals surface area contributed by atoms with Gasteiger partial charge < -0.3 is 5.73 Å². The average Bonchev–Trinajstić information content (AvgIpc) is 2.34. The third-order valence-corrected chi connectivity index (χ3v) is 4.94. The van der Waals surface area contributed by atoms with Gasteiger partial charge in [0.25, 0.3) is 0 Å². The van der Waals surface area contributed by atoms with Gasteiger partial charge in [0.2, 0.25) is 0 Å². The first-order chi connectivity index (χ1) is 8.20. The van der Waals surface area contributed by atoms with Crippen LogP contribution in [0.2, 0.25) is 0 Å². The molecule has 1 saturated heterocycles. The van der Waals surface area contributed by atoms with Gasteiger partial charge in [-0.3, -0.25) is 9.80 Å². The maximum atomic E-state index is 5.62. The molecule has 0 aromatic carbocycles. The lowest BCUT2D eigenvalue weighted by Crippen LogP contribution is -2.52. The van der Waals surface area contributed by atoms with Crippen molar-refractivity contribution in [1.29, 1.82) is 0 Å². The molecule has 0 radical (unpaired) electrons. The molecular formula is C14H29N3. The summed E-state index contributed by atoms with van der Waals surface area (Å²) in [6.07, 6.45) is 4.26. The Morgan fingerprint density at radius 1 is 1.00 bits per heavy atom. The fourth-order valence-corrected chi connectivity index (χ4v) is 3.39. The molecule has 2 N–H and O–H groups in total. The minimum Gasteiger partial charge on any atom is -0.329 e. The van der Waals surface area contributed by atoms with E-state index in [1.165, 1.54) is 45.4 Å². The van der Waals surface area contributed by atoms with Crippen LogP contribution >= 0.6 is 0 Å². The van der Waals surface area contributed by atoms with Crippen LogP contribution < -0.4 is 5.73 Å². The topological polar surface area (TPSA) is 32.5 Å². The van der Waals surface area contributed by atoms with Gasteiger partial charge in [0, 0.05) is 45.3 Å². The van der Waals surface area contributed by atoms with Gasteiger partial charge in [0.15, 0.2) is 0 Å². The lowest BCUT2D eigenvalue weighted by atomic mass is 9.78. The molecule has 1 heterocycles. The second-order valence-corrected chi connectivity index (χ2v) is 6.09. The fraction of sp³-hybridized carbons (Fsp3) is 1.00. The van der Waals surface area contributed by atoms with E-state index in [9.17, 15) is 0 Å². The highest BCUT2D eigenvalue weighted by molar-refractivity contribution is 4.84. The van der Waals surface area contributed by atoms with Gasteiger partial charge in [0.05, 0.1) is 0 Å². The molecule has 3 atom stereocenters. The van der Waals surface area contributed by atoms with Crippen LogP contribution in [0, 0.1) is 11.8 Å². The minimum absolute atomic E-state index is 0.804. The summed E-state index contributed by atoms with van der Waals surface area (Å²) in [5.41, 5.74) is 5.62. The Labute approximate surface area is 106 Å². The molecule has 2 fully saturated rings. The van der Waals surface area contributed by atoms with Gasteiger partial charge in [-0.2, -0.15) is 0 Å². The third kappa shape index (κ3) is 3.43. The maximum absolute atomic E-state index is 5.62. The van der Waals surface area contributed by atoms with Gasteiger partial charge in [-0.1, -0.05) is 13.8 Å². The number of piperazine rings is 1. The second-order valence-electron chi connectivity index (χ2n) is 6.09. The molecule has 100 valence electrons. The van der Waals surface area contributed by atoms with Gasteiger partial charge in [-0.15, -0.1) is 0 Å². The van der Waals surface area contributed by atoms with E-state index in [0.29, 0.717) is 0 Å². The highest BCUT2D eigenvalue weighted by Crippen LogP contribution is 2.32. The summed E-state index contributed by atoms with van der Waals surface area (Å²) >= 11 is 0. The van der Waals surface area contributed by atoms with Gasteiger partial charge in [-0.05, 0) is 31.1 Å². The van der Waals surface area contributed by atoms with Crippen LogP contribution in [0.15, 0.2) is 0 Å². The zero-order chi connectivity index (χ0) is 12.3. The Morgan fingerprint density at radius 2 is 1.71 bits per heavy atom. The van der Waals surface area contributed by atoms with E-state index >= 15 is 0 Å². The van der Waals surface area contributed by atoms with Crippen LogP contribution in [0.3, 0.4) is 0 Å². The summed E-state index contributed by atoms with van der Waals surface area (Å²) in [5, 5.41) is 0. The summed E-state index contributed by atoms with van der Waals surface area (Å²) in [5.74, 6) is 1.85. The molecule has 0 aromatic rings. The second kappa shape index (κ2) is 6.17. The number of rotatable bonds is 3. The molecule has 3 nitrogen and oxygen atoms in total. The van der Waals surface area contributed by atoms with Crippen molar-refractivity contribution in [2.45, 2.75) is 39.2 Å². The summed E-state index contributed by atoms with van der Waals surface area (Å²) in [7, 11) is 0. The maximum Gasteiger partial charge on any atom is 0.0113 e. The molecule has 0 spiro atoms. The zero-order valence-electron chi connectivity index (χ0n) is 11.6. The monoisotopic (exact) mass is 239 g/mol. The third-order valence-electron chi connectivity index (χ3n) is 4.94. The molecule has 1 saturated carbocycles. The predicted octanol–water partition coefficient (Wildman–Crippen LogP) is 1.39. The summed E-state index contributed by atoms with van der Waals surface area (Å²) in [6, 6.07) is 0.862. The lowest BCUT2D eigenvalue weighted by molar-refractivity contribution is 0.0582. The first-order valence-electron chi connectivity index (χ1n) is 7.37. The highest BCUT2D eigenvalue weighted by Gasteiger charge is 2.30. The van der Waals surface area contributed by atoms with Crippen LogP contribution in [0.1, 0.15) is 33.1 Å². The molecule has 0 aromatic heterocycles. The number of nitrogens with zero attached hydrogens (tertiary/aromatic N) is 2. The SMILES string of the molecule is CC1CCC(N2CCN(CCN)CC2)CC1C. The van der Waals surface area contributed by atoms with Gasteiger partial charge in [0.1, 0.15) is 0 Å². The molecule has 1 aliphatic heterocycles. The van der Waals surface area contributed by atoms with E-state index in [0.717, 1.165) is 31.0 Å². The number of nitrogens with two attached hydrogens (primary N) is 1. The Bertz CT molecular complexity index is 224. The molecule has 2 aliphatic rings. The summed E-state index contributed by atoms with van der Waals surface area (Å²) in [4.78, 5) is 5.24. The molecule has 1 aliphatic carbocycles. The molecule has 0 bridgehead atoms. The Hall–Kier alpha value is -0.120.